The maximum Gasteiger partial charge on any atom is 0.252 e. The third-order valence-corrected chi connectivity index (χ3v) is 6.11. The Morgan fingerprint density at radius 3 is 1.68 bits per heavy atom. The van der Waals surface area contributed by atoms with Gasteiger partial charge in [0.25, 0.3) is 11.8 Å². The average molecular weight is 518 g/mol. The van der Waals surface area contributed by atoms with E-state index in [1.165, 1.54) is 0 Å². The molecule has 1 atom stereocenters. The zero-order chi connectivity index (χ0) is 26.5. The van der Waals surface area contributed by atoms with Gasteiger partial charge in [0.15, 0.2) is 6.04 Å². The Hall–Kier alpha value is -3.98. The van der Waals surface area contributed by atoms with Crippen molar-refractivity contribution in [2.75, 3.05) is 13.1 Å². The van der Waals surface area contributed by atoms with Gasteiger partial charge in [0.1, 0.15) is 0 Å². The minimum absolute atomic E-state index is 0.305. The van der Waals surface area contributed by atoms with Gasteiger partial charge in [0.2, 0.25) is 5.91 Å². The smallest absolute Gasteiger partial charge is 0.252 e. The Bertz CT molecular complexity index is 1120. The van der Waals surface area contributed by atoms with Crippen molar-refractivity contribution in [3.63, 3.8) is 0 Å². The monoisotopic (exact) mass is 517 g/mol. The molecule has 3 amide bonds. The predicted octanol–water partition coefficient (Wildman–Crippen LogP) is 2.23. The molecule has 0 unspecified atom stereocenters. The number of rotatable bonds is 13. The number of nitrogens with one attached hydrogen (secondary N) is 3. The lowest BCUT2D eigenvalue weighted by atomic mass is 9.95. The van der Waals surface area contributed by atoms with Crippen LogP contribution in [0.3, 0.4) is 0 Å². The van der Waals surface area contributed by atoms with Gasteiger partial charge in [-0.25, -0.2) is 0 Å². The Balaban J connectivity index is 1.66. The van der Waals surface area contributed by atoms with Gasteiger partial charge < -0.3 is 16.0 Å². The molecule has 192 valence electrons. The molecule has 0 spiro atoms. The second-order valence-corrected chi connectivity index (χ2v) is 9.23. The molecule has 0 fully saturated rings. The van der Waals surface area contributed by atoms with Gasteiger partial charge >= 0.3 is 0 Å². The molecule has 0 saturated heterocycles. The number of amides is 3. The van der Waals surface area contributed by atoms with Crippen LogP contribution in [0.2, 0.25) is 0 Å². The van der Waals surface area contributed by atoms with Gasteiger partial charge in [-0.2, -0.15) is 0 Å². The summed E-state index contributed by atoms with van der Waals surface area (Å²) in [5.74, 6) is -2.28. The first-order valence-electron chi connectivity index (χ1n) is 12.1. The molecule has 0 aliphatic carbocycles. The van der Waals surface area contributed by atoms with E-state index in [-0.39, 0.29) is 0 Å². The summed E-state index contributed by atoms with van der Waals surface area (Å²) in [5.41, 5.74) is 2.93. The number of pyridine rings is 2. The number of aromatic nitrogens is 2. The van der Waals surface area contributed by atoms with Crippen LogP contribution in [0.4, 0.5) is 0 Å². The van der Waals surface area contributed by atoms with E-state index in [4.69, 9.17) is 12.2 Å². The van der Waals surface area contributed by atoms with Crippen molar-refractivity contribution in [3.05, 3.63) is 96.1 Å². The lowest BCUT2D eigenvalue weighted by Crippen LogP contribution is -2.57. The van der Waals surface area contributed by atoms with E-state index in [0.717, 1.165) is 16.7 Å². The Kier molecular flexibility index (Phi) is 10.9. The van der Waals surface area contributed by atoms with Crippen LogP contribution in [-0.2, 0) is 33.6 Å². The minimum Gasteiger partial charge on any atom is -0.354 e. The lowest BCUT2D eigenvalue weighted by molar-refractivity contribution is -0.137. The molecule has 2 heterocycles. The van der Waals surface area contributed by atoms with Gasteiger partial charge in [-0.05, 0) is 67.1 Å². The van der Waals surface area contributed by atoms with Crippen LogP contribution in [0.1, 0.15) is 23.6 Å². The first-order valence-corrected chi connectivity index (χ1v) is 12.5. The topological polar surface area (TPSA) is 113 Å². The van der Waals surface area contributed by atoms with Gasteiger partial charge in [0.05, 0.1) is 5.92 Å². The van der Waals surface area contributed by atoms with E-state index in [1.54, 1.807) is 31.7 Å². The molecular formula is C28H31N5O3S. The fraction of sp³-hybridized carbons (Fsp3) is 0.286. The van der Waals surface area contributed by atoms with Gasteiger partial charge in [-0.15, -0.1) is 0 Å². The van der Waals surface area contributed by atoms with Crippen molar-refractivity contribution < 1.29 is 14.4 Å². The van der Waals surface area contributed by atoms with Crippen LogP contribution in [0.5, 0.6) is 0 Å². The zero-order valence-electron chi connectivity index (χ0n) is 20.7. The fourth-order valence-corrected chi connectivity index (χ4v) is 3.92. The van der Waals surface area contributed by atoms with Crippen LogP contribution in [0.25, 0.3) is 0 Å². The quantitative estimate of drug-likeness (QED) is 0.237. The predicted molar refractivity (Wildman–Crippen MR) is 146 cm³/mol. The highest BCUT2D eigenvalue weighted by Gasteiger charge is 2.31. The van der Waals surface area contributed by atoms with Gasteiger partial charge in [0, 0.05) is 42.7 Å². The molecule has 3 N–H and O–H groups in total. The molecule has 0 aliphatic heterocycles. The maximum absolute atomic E-state index is 13.2. The molecule has 37 heavy (non-hydrogen) atoms. The minimum atomic E-state index is -1.39. The third kappa shape index (κ3) is 9.20. The van der Waals surface area contributed by atoms with Crippen LogP contribution < -0.4 is 16.0 Å². The second kappa shape index (κ2) is 14.5. The molecule has 9 heteroatoms. The Morgan fingerprint density at radius 2 is 1.22 bits per heavy atom. The molecule has 1 aromatic carbocycles. The SMILES string of the molecule is CC(=S)[C@H](Cc1ccccc1)C(=O)NC(C(=O)NCCc1ccncc1)C(=O)NCCc1ccncc1. The van der Waals surface area contributed by atoms with E-state index in [0.29, 0.717) is 37.2 Å². The molecule has 2 aromatic heterocycles. The highest BCUT2D eigenvalue weighted by Crippen LogP contribution is 2.12. The fourth-order valence-electron chi connectivity index (χ4n) is 3.73. The summed E-state index contributed by atoms with van der Waals surface area (Å²) in [6, 6.07) is 15.5. The molecule has 0 aliphatic rings. The first-order chi connectivity index (χ1) is 17.9. The summed E-state index contributed by atoms with van der Waals surface area (Å²) in [7, 11) is 0. The van der Waals surface area contributed by atoms with Gasteiger partial charge in [-0.3, -0.25) is 24.4 Å². The number of thiocarbonyl (C=S) groups is 1. The van der Waals surface area contributed by atoms with Crippen LogP contribution in [-0.4, -0.2) is 51.7 Å². The summed E-state index contributed by atoms with van der Waals surface area (Å²) in [5, 5.41) is 8.18. The van der Waals surface area contributed by atoms with Crippen molar-refractivity contribution in [1.29, 1.82) is 0 Å². The van der Waals surface area contributed by atoms with Gasteiger partial charge in [-0.1, -0.05) is 42.5 Å². The second-order valence-electron chi connectivity index (χ2n) is 8.59. The van der Waals surface area contributed by atoms with Crippen molar-refractivity contribution >= 4 is 34.8 Å². The van der Waals surface area contributed by atoms with Crippen LogP contribution in [0, 0.1) is 5.92 Å². The molecule has 3 rings (SSSR count). The molecular weight excluding hydrogens is 486 g/mol. The normalized spacial score (nSPS) is 11.4. The molecule has 0 radical (unpaired) electrons. The van der Waals surface area contributed by atoms with Crippen LogP contribution >= 0.6 is 12.2 Å². The number of hydrogen-bond donors (Lipinski definition) is 3. The molecule has 0 bridgehead atoms. The summed E-state index contributed by atoms with van der Waals surface area (Å²) >= 11 is 5.35. The van der Waals surface area contributed by atoms with E-state index in [2.05, 4.69) is 25.9 Å². The summed E-state index contributed by atoms with van der Waals surface area (Å²) < 4.78 is 0. The maximum atomic E-state index is 13.2. The highest BCUT2D eigenvalue weighted by atomic mass is 32.1. The summed E-state index contributed by atoms with van der Waals surface area (Å²) in [4.78, 5) is 47.8. The molecule has 8 nitrogen and oxygen atoms in total. The highest BCUT2D eigenvalue weighted by molar-refractivity contribution is 7.80. The van der Waals surface area contributed by atoms with Crippen LogP contribution in [0.15, 0.2) is 79.4 Å². The zero-order valence-corrected chi connectivity index (χ0v) is 21.5. The third-order valence-electron chi connectivity index (χ3n) is 5.83. The number of nitrogens with zero attached hydrogens (tertiary/aromatic N) is 2. The number of carbonyl (C=O) groups is 3. The van der Waals surface area contributed by atoms with E-state index < -0.39 is 29.7 Å². The Morgan fingerprint density at radius 1 is 0.730 bits per heavy atom. The first kappa shape index (κ1) is 27.6. The number of carbonyl (C=O) groups excluding carboxylic acids is 3. The standard InChI is InChI=1S/C28H31N5O3S/c1-20(37)24(19-23-5-3-2-4-6-23)26(34)33-25(27(35)31-17-11-21-7-13-29-14-8-21)28(36)32-18-12-22-9-15-30-16-10-22/h2-10,13-16,24-25H,11-12,17-19H2,1H3,(H,31,35)(H,32,36)(H,33,34)/t24-/m0/s1. The molecule has 3 aromatic rings. The van der Waals surface area contributed by atoms with Crippen molar-refractivity contribution in [3.8, 4) is 0 Å². The lowest BCUT2D eigenvalue weighted by Gasteiger charge is -2.22. The Labute approximate surface area is 222 Å². The van der Waals surface area contributed by atoms with E-state index in [9.17, 15) is 14.4 Å². The summed E-state index contributed by atoms with van der Waals surface area (Å²) in [6.45, 7) is 2.30. The average Bonchev–Trinajstić information content (AvgIpc) is 2.91. The molecule has 0 saturated carbocycles. The summed E-state index contributed by atoms with van der Waals surface area (Å²) in [6.07, 6.45) is 8.21. The van der Waals surface area contributed by atoms with E-state index >= 15 is 0 Å². The number of hydrogen-bond acceptors (Lipinski definition) is 6. The van der Waals surface area contributed by atoms with E-state index in [1.807, 2.05) is 54.6 Å². The largest absolute Gasteiger partial charge is 0.354 e. The van der Waals surface area contributed by atoms with Crippen molar-refractivity contribution in [2.24, 2.45) is 5.92 Å². The van der Waals surface area contributed by atoms with Crippen molar-refractivity contribution in [2.45, 2.75) is 32.2 Å². The number of benzene rings is 1. The van der Waals surface area contributed by atoms with Crippen molar-refractivity contribution in [1.82, 2.24) is 25.9 Å².